The van der Waals surface area contributed by atoms with E-state index in [2.05, 4.69) is 15.1 Å². The van der Waals surface area contributed by atoms with Gasteiger partial charge in [0, 0.05) is 12.7 Å². The van der Waals surface area contributed by atoms with Crippen molar-refractivity contribution in [3.05, 3.63) is 18.3 Å². The van der Waals surface area contributed by atoms with Crippen LogP contribution in [0.15, 0.2) is 23.4 Å². The standard InChI is InChI=1S/C13H20N4O2S/c14-17-12-2-1-5-15-13(12)20(18,19)16-8-11-7-9-3-4-10(11)6-9/h1-2,5,9-11,16-17H,3-4,6-8,14H2. The molecule has 1 aromatic heterocycles. The molecule has 1 heterocycles. The molecule has 3 unspecified atom stereocenters. The number of nitrogens with zero attached hydrogens (tertiary/aromatic N) is 1. The molecule has 3 rings (SSSR count). The van der Waals surface area contributed by atoms with Gasteiger partial charge < -0.3 is 5.43 Å². The summed E-state index contributed by atoms with van der Waals surface area (Å²) in [4.78, 5) is 3.92. The van der Waals surface area contributed by atoms with Gasteiger partial charge in [-0.3, -0.25) is 5.84 Å². The van der Waals surface area contributed by atoms with Gasteiger partial charge in [-0.05, 0) is 49.1 Å². The summed E-state index contributed by atoms with van der Waals surface area (Å²) in [7, 11) is -3.61. The quantitative estimate of drug-likeness (QED) is 0.558. The molecule has 2 bridgehead atoms. The number of hydrogen-bond acceptors (Lipinski definition) is 5. The molecule has 2 fully saturated rings. The highest BCUT2D eigenvalue weighted by Gasteiger charge is 2.39. The number of pyridine rings is 1. The summed E-state index contributed by atoms with van der Waals surface area (Å²) in [5.41, 5.74) is 2.69. The first-order valence-corrected chi connectivity index (χ1v) is 8.50. The van der Waals surface area contributed by atoms with Gasteiger partial charge in [0.1, 0.15) is 0 Å². The minimum atomic E-state index is -3.61. The largest absolute Gasteiger partial charge is 0.321 e. The van der Waals surface area contributed by atoms with Crippen LogP contribution in [0, 0.1) is 17.8 Å². The summed E-state index contributed by atoms with van der Waals surface area (Å²) in [5, 5.41) is -0.0364. The van der Waals surface area contributed by atoms with E-state index in [9.17, 15) is 8.42 Å². The van der Waals surface area contributed by atoms with Crippen LogP contribution in [0.5, 0.6) is 0 Å². The van der Waals surface area contributed by atoms with Gasteiger partial charge in [0.15, 0.2) is 5.03 Å². The lowest BCUT2D eigenvalue weighted by atomic mass is 9.89. The number of nitrogens with two attached hydrogens (primary N) is 1. The third kappa shape index (κ3) is 2.53. The SMILES string of the molecule is NNc1cccnc1S(=O)(=O)NCC1CC2CCC1C2. The van der Waals surface area contributed by atoms with E-state index >= 15 is 0 Å². The van der Waals surface area contributed by atoms with Crippen molar-refractivity contribution in [3.8, 4) is 0 Å². The van der Waals surface area contributed by atoms with Crippen LogP contribution >= 0.6 is 0 Å². The third-order valence-corrected chi connectivity index (χ3v) is 5.98. The van der Waals surface area contributed by atoms with Crippen LogP contribution in [0.4, 0.5) is 5.69 Å². The van der Waals surface area contributed by atoms with Crippen molar-refractivity contribution in [2.24, 2.45) is 23.6 Å². The number of aromatic nitrogens is 1. The van der Waals surface area contributed by atoms with Crippen molar-refractivity contribution >= 4 is 15.7 Å². The molecule has 0 aliphatic heterocycles. The maximum absolute atomic E-state index is 12.3. The molecule has 3 atom stereocenters. The Balaban J connectivity index is 1.69. The predicted molar refractivity (Wildman–Crippen MR) is 76.2 cm³/mol. The number of hydrogen-bond donors (Lipinski definition) is 3. The van der Waals surface area contributed by atoms with E-state index in [-0.39, 0.29) is 5.03 Å². The van der Waals surface area contributed by atoms with Crippen molar-refractivity contribution in [2.45, 2.75) is 30.7 Å². The van der Waals surface area contributed by atoms with Gasteiger partial charge in [0.25, 0.3) is 10.0 Å². The van der Waals surface area contributed by atoms with E-state index in [0.717, 1.165) is 12.3 Å². The fraction of sp³-hybridized carbons (Fsp3) is 0.615. The molecule has 0 amide bonds. The molecule has 0 saturated heterocycles. The Morgan fingerprint density at radius 3 is 2.85 bits per heavy atom. The summed E-state index contributed by atoms with van der Waals surface area (Å²) in [6.07, 6.45) is 6.43. The van der Waals surface area contributed by atoms with E-state index < -0.39 is 10.0 Å². The van der Waals surface area contributed by atoms with E-state index in [4.69, 9.17) is 5.84 Å². The molecular formula is C13H20N4O2S. The van der Waals surface area contributed by atoms with Crippen LogP contribution in [-0.2, 0) is 10.0 Å². The smallest absolute Gasteiger partial charge is 0.260 e. The van der Waals surface area contributed by atoms with Gasteiger partial charge in [0.2, 0.25) is 0 Å². The summed E-state index contributed by atoms with van der Waals surface area (Å²) in [6.45, 7) is 0.504. The fourth-order valence-corrected chi connectivity index (χ4v) is 4.81. The predicted octanol–water partition coefficient (Wildman–Crippen LogP) is 1.08. The molecule has 20 heavy (non-hydrogen) atoms. The van der Waals surface area contributed by atoms with Crippen molar-refractivity contribution in [1.29, 1.82) is 0 Å². The molecule has 2 aliphatic rings. The fourth-order valence-electron chi connectivity index (χ4n) is 3.63. The number of nitrogens with one attached hydrogen (secondary N) is 2. The first-order valence-electron chi connectivity index (χ1n) is 7.01. The van der Waals surface area contributed by atoms with Crippen LogP contribution in [0.3, 0.4) is 0 Å². The van der Waals surface area contributed by atoms with E-state index in [1.807, 2.05) is 0 Å². The zero-order valence-corrected chi connectivity index (χ0v) is 12.1. The van der Waals surface area contributed by atoms with Crippen molar-refractivity contribution in [1.82, 2.24) is 9.71 Å². The van der Waals surface area contributed by atoms with Gasteiger partial charge in [-0.2, -0.15) is 0 Å². The van der Waals surface area contributed by atoms with E-state index in [1.165, 1.54) is 25.5 Å². The molecule has 2 saturated carbocycles. The van der Waals surface area contributed by atoms with Crippen LogP contribution in [-0.4, -0.2) is 19.9 Å². The molecule has 6 nitrogen and oxygen atoms in total. The Labute approximate surface area is 119 Å². The molecule has 4 N–H and O–H groups in total. The average molecular weight is 296 g/mol. The number of anilines is 1. The zero-order chi connectivity index (χ0) is 14.2. The highest BCUT2D eigenvalue weighted by Crippen LogP contribution is 2.48. The van der Waals surface area contributed by atoms with Gasteiger partial charge in [0.05, 0.1) is 5.69 Å². The second-order valence-electron chi connectivity index (χ2n) is 5.79. The van der Waals surface area contributed by atoms with Crippen LogP contribution < -0.4 is 16.0 Å². The van der Waals surface area contributed by atoms with Gasteiger partial charge in [-0.15, -0.1) is 0 Å². The number of hydrazine groups is 1. The molecule has 7 heteroatoms. The van der Waals surface area contributed by atoms with Gasteiger partial charge >= 0.3 is 0 Å². The van der Waals surface area contributed by atoms with Crippen LogP contribution in [0.2, 0.25) is 0 Å². The lowest BCUT2D eigenvalue weighted by molar-refractivity contribution is 0.332. The Morgan fingerprint density at radius 1 is 1.35 bits per heavy atom. The first kappa shape index (κ1) is 13.8. The van der Waals surface area contributed by atoms with Crippen molar-refractivity contribution < 1.29 is 8.42 Å². The number of sulfonamides is 1. The second-order valence-corrected chi connectivity index (χ2v) is 7.47. The minimum Gasteiger partial charge on any atom is -0.321 e. The normalized spacial score (nSPS) is 28.8. The maximum atomic E-state index is 12.3. The lowest BCUT2D eigenvalue weighted by Gasteiger charge is -2.21. The Hall–Kier alpha value is -1.18. The van der Waals surface area contributed by atoms with E-state index in [1.54, 1.807) is 12.1 Å². The lowest BCUT2D eigenvalue weighted by Crippen LogP contribution is -2.32. The minimum absolute atomic E-state index is 0.0364. The summed E-state index contributed by atoms with van der Waals surface area (Å²) in [6, 6.07) is 3.24. The molecule has 110 valence electrons. The van der Waals surface area contributed by atoms with Crippen molar-refractivity contribution in [3.63, 3.8) is 0 Å². The summed E-state index contributed by atoms with van der Waals surface area (Å²) < 4.78 is 27.3. The molecule has 0 spiro atoms. The molecule has 0 radical (unpaired) electrons. The third-order valence-electron chi connectivity index (χ3n) is 4.60. The molecule has 1 aromatic rings. The Bertz CT molecular complexity index is 590. The first-order chi connectivity index (χ1) is 9.60. The maximum Gasteiger partial charge on any atom is 0.260 e. The average Bonchev–Trinajstić information content (AvgIpc) is 3.07. The molecule has 2 aliphatic carbocycles. The second kappa shape index (κ2) is 5.31. The molecule has 0 aromatic carbocycles. The zero-order valence-electron chi connectivity index (χ0n) is 11.2. The van der Waals surface area contributed by atoms with Crippen molar-refractivity contribution in [2.75, 3.05) is 12.0 Å². The van der Waals surface area contributed by atoms with Crippen LogP contribution in [0.25, 0.3) is 0 Å². The topological polar surface area (TPSA) is 97.1 Å². The summed E-state index contributed by atoms with van der Waals surface area (Å²) >= 11 is 0. The Morgan fingerprint density at radius 2 is 2.20 bits per heavy atom. The summed E-state index contributed by atoms with van der Waals surface area (Å²) in [5.74, 6) is 7.31. The highest BCUT2D eigenvalue weighted by atomic mass is 32.2. The monoisotopic (exact) mass is 296 g/mol. The number of nitrogen functional groups attached to an aromatic ring is 1. The van der Waals surface area contributed by atoms with E-state index in [0.29, 0.717) is 24.1 Å². The number of fused-ring (bicyclic) bond motifs is 2. The van der Waals surface area contributed by atoms with Gasteiger partial charge in [-0.25, -0.2) is 18.1 Å². The highest BCUT2D eigenvalue weighted by molar-refractivity contribution is 7.89. The number of rotatable bonds is 5. The van der Waals surface area contributed by atoms with Gasteiger partial charge in [-0.1, -0.05) is 6.42 Å². The Kier molecular flexibility index (Phi) is 3.66. The van der Waals surface area contributed by atoms with Crippen LogP contribution in [0.1, 0.15) is 25.7 Å². The molecular weight excluding hydrogens is 276 g/mol.